The monoisotopic (exact) mass is 260 g/mol. The van der Waals surface area contributed by atoms with Crippen molar-refractivity contribution in [3.8, 4) is 0 Å². The topological polar surface area (TPSA) is 69.6 Å². The minimum Gasteiger partial charge on any atom is -0.480 e. The molecule has 5 nitrogen and oxygen atoms in total. The van der Waals surface area contributed by atoms with Crippen LogP contribution in [0.15, 0.2) is 0 Å². The van der Waals surface area contributed by atoms with E-state index in [-0.39, 0.29) is 0 Å². The largest absolute Gasteiger partial charge is 0.480 e. The van der Waals surface area contributed by atoms with E-state index in [4.69, 9.17) is 5.11 Å². The number of nitrogens with one attached hydrogen (secondary N) is 1. The number of thioether (sulfide) groups is 1. The van der Waals surface area contributed by atoms with E-state index in [0.717, 1.165) is 18.1 Å². The van der Waals surface area contributed by atoms with Gasteiger partial charge >= 0.3 is 5.97 Å². The standard InChI is InChI=1S/C11H20N2O3S/c14-9-12-10(11(15)16)3-7-17-8-6-13-4-1-2-5-13/h9-10H,1-8H2,(H,12,14)(H,15,16). The number of carbonyl (C=O) groups is 2. The predicted octanol–water partition coefficient (Wildman–Crippen LogP) is 0.405. The lowest BCUT2D eigenvalue weighted by Gasteiger charge is -2.14. The van der Waals surface area contributed by atoms with Gasteiger partial charge in [-0.15, -0.1) is 0 Å². The average molecular weight is 260 g/mol. The second-order valence-electron chi connectivity index (χ2n) is 4.13. The van der Waals surface area contributed by atoms with Crippen molar-refractivity contribution in [1.82, 2.24) is 10.2 Å². The maximum absolute atomic E-state index is 10.7. The van der Waals surface area contributed by atoms with Crippen molar-refractivity contribution in [2.45, 2.75) is 25.3 Å². The van der Waals surface area contributed by atoms with E-state index in [9.17, 15) is 9.59 Å². The molecule has 1 heterocycles. The number of likely N-dealkylation sites (tertiary alicyclic amines) is 1. The maximum Gasteiger partial charge on any atom is 0.326 e. The van der Waals surface area contributed by atoms with Gasteiger partial charge in [0.2, 0.25) is 6.41 Å². The lowest BCUT2D eigenvalue weighted by molar-refractivity contribution is -0.140. The fourth-order valence-electron chi connectivity index (χ4n) is 1.86. The van der Waals surface area contributed by atoms with Crippen LogP contribution in [0.5, 0.6) is 0 Å². The number of aliphatic carboxylic acids is 1. The van der Waals surface area contributed by atoms with Crippen LogP contribution in [0.4, 0.5) is 0 Å². The number of hydrogen-bond acceptors (Lipinski definition) is 4. The van der Waals surface area contributed by atoms with Crippen LogP contribution < -0.4 is 5.32 Å². The Hall–Kier alpha value is -0.750. The molecule has 6 heteroatoms. The van der Waals surface area contributed by atoms with Gasteiger partial charge in [0.15, 0.2) is 0 Å². The zero-order chi connectivity index (χ0) is 12.5. The van der Waals surface area contributed by atoms with E-state index in [1.54, 1.807) is 11.8 Å². The van der Waals surface area contributed by atoms with E-state index in [1.807, 2.05) is 0 Å². The minimum absolute atomic E-state index is 0.452. The molecule has 0 bridgehead atoms. The highest BCUT2D eigenvalue weighted by Crippen LogP contribution is 2.10. The Labute approximate surface area is 106 Å². The second kappa shape index (κ2) is 8.36. The van der Waals surface area contributed by atoms with Crippen molar-refractivity contribution < 1.29 is 14.7 Å². The van der Waals surface area contributed by atoms with E-state index < -0.39 is 12.0 Å². The summed E-state index contributed by atoms with van der Waals surface area (Å²) < 4.78 is 0. The number of nitrogens with zero attached hydrogens (tertiary/aromatic N) is 1. The van der Waals surface area contributed by atoms with Gasteiger partial charge in [-0.2, -0.15) is 11.8 Å². The number of carboxylic acid groups (broad SMARTS) is 1. The molecule has 1 saturated heterocycles. The molecule has 1 aliphatic heterocycles. The highest BCUT2D eigenvalue weighted by Gasteiger charge is 2.15. The molecule has 1 fully saturated rings. The van der Waals surface area contributed by atoms with Crippen LogP contribution >= 0.6 is 11.8 Å². The molecule has 0 radical (unpaired) electrons. The van der Waals surface area contributed by atoms with Crippen LogP contribution in [0.2, 0.25) is 0 Å². The molecule has 0 aromatic heterocycles. The van der Waals surface area contributed by atoms with Crippen LogP contribution in [0.1, 0.15) is 19.3 Å². The first kappa shape index (κ1) is 14.3. The van der Waals surface area contributed by atoms with Crippen molar-refractivity contribution >= 4 is 24.1 Å². The van der Waals surface area contributed by atoms with Crippen molar-refractivity contribution in [3.05, 3.63) is 0 Å². The van der Waals surface area contributed by atoms with Gasteiger partial charge in [-0.25, -0.2) is 4.79 Å². The Morgan fingerprint density at radius 2 is 2.12 bits per heavy atom. The van der Waals surface area contributed by atoms with Gasteiger partial charge in [-0.1, -0.05) is 0 Å². The summed E-state index contributed by atoms with van der Waals surface area (Å²) in [6.45, 7) is 3.49. The number of hydrogen-bond donors (Lipinski definition) is 2. The summed E-state index contributed by atoms with van der Waals surface area (Å²) >= 11 is 1.75. The fourth-order valence-corrected chi connectivity index (χ4v) is 2.86. The molecular weight excluding hydrogens is 240 g/mol. The Morgan fingerprint density at radius 3 is 2.71 bits per heavy atom. The maximum atomic E-state index is 10.7. The van der Waals surface area contributed by atoms with Gasteiger partial charge in [-0.3, -0.25) is 4.79 Å². The Balaban J connectivity index is 2.01. The third kappa shape index (κ3) is 5.93. The molecule has 1 rings (SSSR count). The fraction of sp³-hybridized carbons (Fsp3) is 0.818. The number of amides is 1. The van der Waals surface area contributed by atoms with Crippen LogP contribution in [-0.4, -0.2) is 59.6 Å². The van der Waals surface area contributed by atoms with Gasteiger partial charge < -0.3 is 15.3 Å². The Morgan fingerprint density at radius 1 is 1.41 bits per heavy atom. The molecule has 1 aliphatic rings. The van der Waals surface area contributed by atoms with Gasteiger partial charge in [0.05, 0.1) is 0 Å². The third-order valence-corrected chi connectivity index (χ3v) is 3.86. The smallest absolute Gasteiger partial charge is 0.326 e. The molecular formula is C11H20N2O3S. The van der Waals surface area contributed by atoms with Crippen LogP contribution in [0.3, 0.4) is 0 Å². The van der Waals surface area contributed by atoms with Gasteiger partial charge in [-0.05, 0) is 38.1 Å². The molecule has 0 aromatic rings. The normalized spacial score (nSPS) is 17.9. The average Bonchev–Trinajstić information content (AvgIpc) is 2.80. The highest BCUT2D eigenvalue weighted by molar-refractivity contribution is 7.99. The lowest BCUT2D eigenvalue weighted by Crippen LogP contribution is -2.36. The summed E-state index contributed by atoms with van der Waals surface area (Å²) in [5.41, 5.74) is 0. The van der Waals surface area contributed by atoms with Crippen LogP contribution in [0, 0.1) is 0 Å². The second-order valence-corrected chi connectivity index (χ2v) is 5.35. The first-order valence-electron chi connectivity index (χ1n) is 5.96. The molecule has 1 unspecified atom stereocenters. The zero-order valence-electron chi connectivity index (χ0n) is 9.93. The summed E-state index contributed by atoms with van der Waals surface area (Å²) in [7, 11) is 0. The van der Waals surface area contributed by atoms with E-state index >= 15 is 0 Å². The number of carboxylic acids is 1. The van der Waals surface area contributed by atoms with Crippen LogP contribution in [0.25, 0.3) is 0 Å². The molecule has 1 atom stereocenters. The lowest BCUT2D eigenvalue weighted by atomic mass is 10.2. The third-order valence-electron chi connectivity index (χ3n) is 2.87. The predicted molar refractivity (Wildman–Crippen MR) is 68.2 cm³/mol. The molecule has 1 amide bonds. The number of rotatable bonds is 9. The summed E-state index contributed by atoms with van der Waals surface area (Å²) in [6, 6.07) is -0.744. The Bertz CT molecular complexity index is 245. The van der Waals surface area contributed by atoms with Crippen molar-refractivity contribution in [2.24, 2.45) is 0 Å². The molecule has 98 valence electrons. The van der Waals surface area contributed by atoms with Gasteiger partial charge in [0, 0.05) is 12.3 Å². The quantitative estimate of drug-likeness (QED) is 0.464. The van der Waals surface area contributed by atoms with Crippen LogP contribution in [-0.2, 0) is 9.59 Å². The SMILES string of the molecule is O=CNC(CCSCCN1CCCC1)C(=O)O. The molecule has 0 aliphatic carbocycles. The molecule has 0 aromatic carbocycles. The first-order chi connectivity index (χ1) is 8.24. The highest BCUT2D eigenvalue weighted by atomic mass is 32.2. The first-order valence-corrected chi connectivity index (χ1v) is 7.12. The van der Waals surface area contributed by atoms with E-state index in [2.05, 4.69) is 10.2 Å². The van der Waals surface area contributed by atoms with Crippen molar-refractivity contribution in [3.63, 3.8) is 0 Å². The van der Waals surface area contributed by atoms with E-state index in [1.165, 1.54) is 25.9 Å². The van der Waals surface area contributed by atoms with Gasteiger partial charge in [0.25, 0.3) is 0 Å². The molecule has 0 spiro atoms. The van der Waals surface area contributed by atoms with E-state index in [0.29, 0.717) is 12.8 Å². The summed E-state index contributed by atoms with van der Waals surface area (Å²) in [6.07, 6.45) is 3.54. The summed E-state index contributed by atoms with van der Waals surface area (Å²) in [5.74, 6) is 0.844. The van der Waals surface area contributed by atoms with Gasteiger partial charge in [0.1, 0.15) is 6.04 Å². The Kier molecular flexibility index (Phi) is 7.04. The number of carbonyl (C=O) groups excluding carboxylic acids is 1. The molecule has 0 saturated carbocycles. The van der Waals surface area contributed by atoms with Crippen molar-refractivity contribution in [1.29, 1.82) is 0 Å². The molecule has 17 heavy (non-hydrogen) atoms. The summed E-state index contributed by atoms with van der Waals surface area (Å²) in [4.78, 5) is 23.4. The van der Waals surface area contributed by atoms with Crippen molar-refractivity contribution in [2.75, 3.05) is 31.1 Å². The molecule has 2 N–H and O–H groups in total. The minimum atomic E-state index is -0.961. The zero-order valence-corrected chi connectivity index (χ0v) is 10.7. The summed E-state index contributed by atoms with van der Waals surface area (Å²) in [5, 5.41) is 11.1.